The summed E-state index contributed by atoms with van der Waals surface area (Å²) in [5, 5.41) is 3.14. The maximum atomic E-state index is 13.0. The van der Waals surface area contributed by atoms with Crippen molar-refractivity contribution < 1.29 is 13.2 Å². The summed E-state index contributed by atoms with van der Waals surface area (Å²) in [4.78, 5) is 13.0. The third-order valence-corrected chi connectivity index (χ3v) is 6.31. The van der Waals surface area contributed by atoms with Crippen LogP contribution >= 0.6 is 0 Å². The molecular formula is C21H29N3O3S. The third kappa shape index (κ3) is 4.47. The van der Waals surface area contributed by atoms with Gasteiger partial charge in [0.05, 0.1) is 11.8 Å². The van der Waals surface area contributed by atoms with E-state index >= 15 is 0 Å². The summed E-state index contributed by atoms with van der Waals surface area (Å²) in [5.74, 6) is 0.0303. The van der Waals surface area contributed by atoms with Crippen molar-refractivity contribution in [1.82, 2.24) is 14.6 Å². The number of amides is 1. The van der Waals surface area contributed by atoms with E-state index in [4.69, 9.17) is 0 Å². The van der Waals surface area contributed by atoms with Crippen LogP contribution in [0.3, 0.4) is 0 Å². The number of rotatable bonds is 6. The van der Waals surface area contributed by atoms with Gasteiger partial charge in [-0.2, -0.15) is 0 Å². The van der Waals surface area contributed by atoms with E-state index in [1.54, 1.807) is 0 Å². The molecule has 0 spiro atoms. The van der Waals surface area contributed by atoms with E-state index in [-0.39, 0.29) is 17.9 Å². The fourth-order valence-corrected chi connectivity index (χ4v) is 4.67. The van der Waals surface area contributed by atoms with Crippen molar-refractivity contribution in [2.75, 3.05) is 12.8 Å². The van der Waals surface area contributed by atoms with Crippen LogP contribution in [-0.2, 0) is 10.0 Å². The second-order valence-electron chi connectivity index (χ2n) is 7.80. The highest BCUT2D eigenvalue weighted by atomic mass is 32.2. The van der Waals surface area contributed by atoms with Crippen molar-refractivity contribution in [3.63, 3.8) is 0 Å². The molecule has 1 aromatic heterocycles. The van der Waals surface area contributed by atoms with Gasteiger partial charge in [-0.05, 0) is 57.2 Å². The number of carbonyl (C=O) groups is 1. The SMILES string of the molecule is Cc1ccccc1-n1c(C)cc(C(=O)N[C@H]2CCC[C@@H]2CNS(C)(=O)=O)c1C. The molecule has 1 saturated carbocycles. The van der Waals surface area contributed by atoms with Gasteiger partial charge in [-0.3, -0.25) is 4.79 Å². The van der Waals surface area contributed by atoms with Gasteiger partial charge in [0.2, 0.25) is 10.0 Å². The van der Waals surface area contributed by atoms with E-state index in [2.05, 4.69) is 33.7 Å². The molecule has 0 unspecified atom stereocenters. The molecule has 152 valence electrons. The number of nitrogens with one attached hydrogen (secondary N) is 2. The molecule has 0 aliphatic heterocycles. The largest absolute Gasteiger partial charge is 0.349 e. The highest BCUT2D eigenvalue weighted by Gasteiger charge is 2.30. The predicted octanol–water partition coefficient (Wildman–Crippen LogP) is 2.85. The number of aromatic nitrogens is 1. The first-order chi connectivity index (χ1) is 13.2. The van der Waals surface area contributed by atoms with Crippen LogP contribution in [0.1, 0.15) is 46.6 Å². The van der Waals surface area contributed by atoms with Gasteiger partial charge in [-0.25, -0.2) is 13.1 Å². The molecule has 2 aromatic rings. The Morgan fingerprint density at radius 3 is 2.57 bits per heavy atom. The Labute approximate surface area is 167 Å². The van der Waals surface area contributed by atoms with Crippen LogP contribution in [-0.4, -0.2) is 37.7 Å². The van der Waals surface area contributed by atoms with Gasteiger partial charge in [-0.15, -0.1) is 0 Å². The van der Waals surface area contributed by atoms with Crippen LogP contribution in [0.5, 0.6) is 0 Å². The summed E-state index contributed by atoms with van der Waals surface area (Å²) in [6.45, 7) is 6.40. The van der Waals surface area contributed by atoms with Gasteiger partial charge in [0.1, 0.15) is 0 Å². The summed E-state index contributed by atoms with van der Waals surface area (Å²) < 4.78 is 27.5. The molecule has 0 saturated heterocycles. The van der Waals surface area contributed by atoms with Gasteiger partial charge < -0.3 is 9.88 Å². The molecule has 1 aromatic carbocycles. The molecule has 7 heteroatoms. The van der Waals surface area contributed by atoms with Gasteiger partial charge in [0.25, 0.3) is 5.91 Å². The maximum Gasteiger partial charge on any atom is 0.253 e. The first-order valence-corrected chi connectivity index (χ1v) is 11.6. The summed E-state index contributed by atoms with van der Waals surface area (Å²) in [6, 6.07) is 10.0. The van der Waals surface area contributed by atoms with E-state index < -0.39 is 10.0 Å². The molecule has 6 nitrogen and oxygen atoms in total. The van der Waals surface area contributed by atoms with Crippen LogP contribution in [0.25, 0.3) is 5.69 Å². The molecule has 0 bridgehead atoms. The summed E-state index contributed by atoms with van der Waals surface area (Å²) in [6.07, 6.45) is 3.94. The minimum absolute atomic E-state index is 0.0109. The monoisotopic (exact) mass is 403 g/mol. The van der Waals surface area contributed by atoms with Crippen LogP contribution in [0, 0.1) is 26.7 Å². The van der Waals surface area contributed by atoms with Gasteiger partial charge in [0.15, 0.2) is 0 Å². The van der Waals surface area contributed by atoms with E-state index in [1.165, 1.54) is 0 Å². The lowest BCUT2D eigenvalue weighted by molar-refractivity contribution is 0.0928. The zero-order chi connectivity index (χ0) is 20.5. The van der Waals surface area contributed by atoms with Crippen molar-refractivity contribution in [3.05, 3.63) is 52.8 Å². The molecule has 0 radical (unpaired) electrons. The zero-order valence-corrected chi connectivity index (χ0v) is 17.8. The summed E-state index contributed by atoms with van der Waals surface area (Å²) in [5.41, 5.74) is 4.82. The number of hydrogen-bond donors (Lipinski definition) is 2. The quantitative estimate of drug-likeness (QED) is 0.778. The highest BCUT2D eigenvalue weighted by Crippen LogP contribution is 2.27. The van der Waals surface area contributed by atoms with Gasteiger partial charge in [-0.1, -0.05) is 24.6 Å². The number of benzene rings is 1. The Morgan fingerprint density at radius 2 is 1.89 bits per heavy atom. The first-order valence-electron chi connectivity index (χ1n) is 9.68. The Kier molecular flexibility index (Phi) is 5.95. The van der Waals surface area contributed by atoms with Crippen LogP contribution in [0.15, 0.2) is 30.3 Å². The number of hydrogen-bond acceptors (Lipinski definition) is 3. The first kappa shape index (κ1) is 20.6. The lowest BCUT2D eigenvalue weighted by atomic mass is 10.0. The molecule has 2 N–H and O–H groups in total. The molecule has 1 fully saturated rings. The molecule has 3 rings (SSSR count). The molecular weight excluding hydrogens is 374 g/mol. The van der Waals surface area contributed by atoms with Crippen molar-refractivity contribution >= 4 is 15.9 Å². The highest BCUT2D eigenvalue weighted by molar-refractivity contribution is 7.88. The van der Waals surface area contributed by atoms with E-state index in [9.17, 15) is 13.2 Å². The lowest BCUT2D eigenvalue weighted by Gasteiger charge is -2.21. The Morgan fingerprint density at radius 1 is 1.18 bits per heavy atom. The fraction of sp³-hybridized carbons (Fsp3) is 0.476. The van der Waals surface area contributed by atoms with E-state index in [0.29, 0.717) is 12.1 Å². The third-order valence-electron chi connectivity index (χ3n) is 5.62. The van der Waals surface area contributed by atoms with Crippen molar-refractivity contribution in [2.24, 2.45) is 5.92 Å². The summed E-state index contributed by atoms with van der Waals surface area (Å²) >= 11 is 0. The Hall–Kier alpha value is -2.12. The number of para-hydroxylation sites is 1. The van der Waals surface area contributed by atoms with Crippen LogP contribution in [0.2, 0.25) is 0 Å². The fourth-order valence-electron chi connectivity index (χ4n) is 4.15. The average Bonchev–Trinajstić information content (AvgIpc) is 3.17. The summed E-state index contributed by atoms with van der Waals surface area (Å²) in [7, 11) is -3.23. The minimum Gasteiger partial charge on any atom is -0.349 e. The zero-order valence-electron chi connectivity index (χ0n) is 17.0. The number of sulfonamides is 1. The average molecular weight is 404 g/mol. The minimum atomic E-state index is -3.23. The van der Waals surface area contributed by atoms with Crippen molar-refractivity contribution in [2.45, 2.75) is 46.1 Å². The molecule has 1 amide bonds. The molecule has 28 heavy (non-hydrogen) atoms. The van der Waals surface area contributed by atoms with Crippen molar-refractivity contribution in [1.29, 1.82) is 0 Å². The predicted molar refractivity (Wildman–Crippen MR) is 111 cm³/mol. The molecule has 2 atom stereocenters. The van der Waals surface area contributed by atoms with E-state index in [1.807, 2.05) is 32.0 Å². The number of carbonyl (C=O) groups excluding carboxylic acids is 1. The number of aryl methyl sites for hydroxylation is 2. The Balaban J connectivity index is 1.78. The molecule has 1 aliphatic rings. The second kappa shape index (κ2) is 8.09. The standard InChI is InChI=1S/C21H29N3O3S/c1-14-8-5-6-11-20(14)24-15(2)12-18(16(24)3)21(25)23-19-10-7-9-17(19)13-22-28(4,26)27/h5-6,8,11-12,17,19,22H,7,9-10,13H2,1-4H3,(H,23,25)/t17-,19+/m1/s1. The van der Waals surface area contributed by atoms with Crippen molar-refractivity contribution in [3.8, 4) is 5.69 Å². The Bertz CT molecular complexity index is 979. The lowest BCUT2D eigenvalue weighted by Crippen LogP contribution is -2.42. The maximum absolute atomic E-state index is 13.0. The van der Waals surface area contributed by atoms with Gasteiger partial charge in [0, 0.05) is 29.7 Å². The normalized spacial score (nSPS) is 19.7. The van der Waals surface area contributed by atoms with Gasteiger partial charge >= 0.3 is 0 Å². The van der Waals surface area contributed by atoms with Crippen LogP contribution < -0.4 is 10.0 Å². The van der Waals surface area contributed by atoms with Crippen LogP contribution in [0.4, 0.5) is 0 Å². The number of nitrogens with zero attached hydrogens (tertiary/aromatic N) is 1. The molecule has 1 aliphatic carbocycles. The van der Waals surface area contributed by atoms with E-state index in [0.717, 1.165) is 48.2 Å². The molecule has 1 heterocycles. The smallest absolute Gasteiger partial charge is 0.253 e. The second-order valence-corrected chi connectivity index (χ2v) is 9.63. The topological polar surface area (TPSA) is 80.2 Å².